The number of carbonyl (C=O) groups is 2. The highest BCUT2D eigenvalue weighted by atomic mass is 31.2. The molecular formula is C21H22FO5P. The standard InChI is InChI=1S/C21H22FO5P/c1-13-5-4-6-16(9-13)19-10-14(2)21(22)15(3)18(19)7-8-28(26,27)12-17(23)11-20(24)25/h4-10H,11-12H2,1-3H3,(H,24,25)(H,26,27). The first-order valence-electron chi connectivity index (χ1n) is 8.61. The molecule has 2 rings (SSSR count). The van der Waals surface area contributed by atoms with E-state index in [1.165, 1.54) is 6.08 Å². The average molecular weight is 404 g/mol. The van der Waals surface area contributed by atoms with E-state index < -0.39 is 37.5 Å². The fourth-order valence-corrected chi connectivity index (χ4v) is 4.07. The van der Waals surface area contributed by atoms with E-state index in [9.17, 15) is 23.4 Å². The van der Waals surface area contributed by atoms with E-state index in [4.69, 9.17) is 5.11 Å². The van der Waals surface area contributed by atoms with Crippen LogP contribution in [0, 0.1) is 26.6 Å². The second-order valence-electron chi connectivity index (χ2n) is 6.80. The highest BCUT2D eigenvalue weighted by molar-refractivity contribution is 7.62. The molecular weight excluding hydrogens is 382 g/mol. The molecule has 0 amide bonds. The van der Waals surface area contributed by atoms with Gasteiger partial charge >= 0.3 is 5.97 Å². The van der Waals surface area contributed by atoms with Crippen molar-refractivity contribution in [3.05, 3.63) is 64.2 Å². The van der Waals surface area contributed by atoms with Gasteiger partial charge < -0.3 is 10.00 Å². The molecule has 0 saturated carbocycles. The van der Waals surface area contributed by atoms with Crippen LogP contribution in [0.5, 0.6) is 0 Å². The van der Waals surface area contributed by atoms with Crippen LogP contribution in [0.25, 0.3) is 17.2 Å². The number of ketones is 1. The molecule has 0 heterocycles. The largest absolute Gasteiger partial charge is 0.481 e. The molecule has 0 spiro atoms. The van der Waals surface area contributed by atoms with Gasteiger partial charge in [-0.15, -0.1) is 0 Å². The maximum absolute atomic E-state index is 14.5. The Morgan fingerprint density at radius 1 is 1.18 bits per heavy atom. The summed E-state index contributed by atoms with van der Waals surface area (Å²) in [5.41, 5.74) is 3.76. The van der Waals surface area contributed by atoms with Gasteiger partial charge in [0.05, 0.1) is 6.16 Å². The molecule has 148 valence electrons. The summed E-state index contributed by atoms with van der Waals surface area (Å²) in [4.78, 5) is 32.2. The van der Waals surface area contributed by atoms with Crippen molar-refractivity contribution in [3.63, 3.8) is 0 Å². The second kappa shape index (κ2) is 8.63. The van der Waals surface area contributed by atoms with Crippen molar-refractivity contribution in [1.29, 1.82) is 0 Å². The summed E-state index contributed by atoms with van der Waals surface area (Å²) in [7, 11) is -4.05. The lowest BCUT2D eigenvalue weighted by Crippen LogP contribution is -2.10. The minimum absolute atomic E-state index is 0.324. The number of carbonyl (C=O) groups excluding carboxylic acids is 1. The van der Waals surface area contributed by atoms with Gasteiger partial charge in [-0.1, -0.05) is 29.8 Å². The minimum atomic E-state index is -4.05. The van der Waals surface area contributed by atoms with Crippen molar-refractivity contribution < 1.29 is 28.5 Å². The molecule has 28 heavy (non-hydrogen) atoms. The predicted molar refractivity (Wildman–Crippen MR) is 107 cm³/mol. The van der Waals surface area contributed by atoms with E-state index in [1.54, 1.807) is 19.9 Å². The molecule has 0 fully saturated rings. The lowest BCUT2D eigenvalue weighted by Gasteiger charge is -2.14. The Kier molecular flexibility index (Phi) is 6.70. The minimum Gasteiger partial charge on any atom is -0.481 e. The van der Waals surface area contributed by atoms with Crippen LogP contribution in [-0.2, 0) is 14.2 Å². The summed E-state index contributed by atoms with van der Waals surface area (Å²) in [6.45, 7) is 5.16. The topological polar surface area (TPSA) is 91.7 Å². The molecule has 0 aliphatic rings. The third-order valence-corrected chi connectivity index (χ3v) is 5.71. The van der Waals surface area contributed by atoms with Crippen LogP contribution in [0.3, 0.4) is 0 Å². The van der Waals surface area contributed by atoms with E-state index in [0.717, 1.165) is 16.9 Å². The summed E-state index contributed by atoms with van der Waals surface area (Å²) < 4.78 is 26.8. The number of benzene rings is 2. The third kappa shape index (κ3) is 5.47. The number of halogens is 1. The summed E-state index contributed by atoms with van der Waals surface area (Å²) in [6, 6.07) is 9.27. The zero-order valence-corrected chi connectivity index (χ0v) is 16.8. The first-order chi connectivity index (χ1) is 13.0. The molecule has 0 bridgehead atoms. The smallest absolute Gasteiger partial charge is 0.310 e. The number of aliphatic carboxylic acids is 1. The maximum atomic E-state index is 14.5. The van der Waals surface area contributed by atoms with Gasteiger partial charge in [0, 0.05) is 5.82 Å². The fourth-order valence-electron chi connectivity index (χ4n) is 2.96. The second-order valence-corrected chi connectivity index (χ2v) is 8.93. The Labute approximate surface area is 163 Å². The maximum Gasteiger partial charge on any atom is 0.310 e. The molecule has 0 aromatic heterocycles. The van der Waals surface area contributed by atoms with E-state index >= 15 is 0 Å². The van der Waals surface area contributed by atoms with Gasteiger partial charge in [-0.3, -0.25) is 14.2 Å². The predicted octanol–water partition coefficient (Wildman–Crippen LogP) is 4.70. The van der Waals surface area contributed by atoms with Gasteiger partial charge in [-0.05, 0) is 60.7 Å². The van der Waals surface area contributed by atoms with Crippen molar-refractivity contribution in [2.45, 2.75) is 27.2 Å². The highest BCUT2D eigenvalue weighted by Gasteiger charge is 2.22. The quantitative estimate of drug-likeness (QED) is 0.515. The van der Waals surface area contributed by atoms with Crippen LogP contribution in [0.1, 0.15) is 28.7 Å². The summed E-state index contributed by atoms with van der Waals surface area (Å²) in [6.07, 6.45) is -0.252. The number of aryl methyl sites for hydroxylation is 2. The van der Waals surface area contributed by atoms with Crippen LogP contribution in [0.2, 0.25) is 0 Å². The van der Waals surface area contributed by atoms with E-state index in [-0.39, 0.29) is 0 Å². The van der Waals surface area contributed by atoms with Gasteiger partial charge in [0.1, 0.15) is 12.2 Å². The van der Waals surface area contributed by atoms with Crippen molar-refractivity contribution in [2.75, 3.05) is 6.16 Å². The van der Waals surface area contributed by atoms with Gasteiger partial charge in [0.25, 0.3) is 0 Å². The molecule has 0 radical (unpaired) electrons. The normalized spacial score (nSPS) is 13.5. The monoisotopic (exact) mass is 404 g/mol. The van der Waals surface area contributed by atoms with Crippen molar-refractivity contribution in [1.82, 2.24) is 0 Å². The molecule has 7 heteroatoms. The van der Waals surface area contributed by atoms with Crippen LogP contribution >= 0.6 is 7.37 Å². The van der Waals surface area contributed by atoms with Crippen molar-refractivity contribution in [3.8, 4) is 11.1 Å². The van der Waals surface area contributed by atoms with Gasteiger partial charge in [0.15, 0.2) is 5.78 Å². The average Bonchev–Trinajstić information content (AvgIpc) is 2.57. The van der Waals surface area contributed by atoms with Crippen LogP contribution in [0.15, 0.2) is 36.1 Å². The zero-order chi connectivity index (χ0) is 21.1. The van der Waals surface area contributed by atoms with Crippen LogP contribution in [-0.4, -0.2) is 27.9 Å². The van der Waals surface area contributed by atoms with E-state index in [1.807, 2.05) is 31.2 Å². The number of hydrogen-bond acceptors (Lipinski definition) is 3. The summed E-state index contributed by atoms with van der Waals surface area (Å²) in [5.74, 6) is -1.63. The lowest BCUT2D eigenvalue weighted by atomic mass is 9.92. The van der Waals surface area contributed by atoms with Gasteiger partial charge in [0.2, 0.25) is 7.37 Å². The number of Topliss-reactive ketones (excluding diaryl/α,β-unsaturated/α-hetero) is 1. The molecule has 2 aromatic carbocycles. The van der Waals surface area contributed by atoms with Crippen molar-refractivity contribution in [2.24, 2.45) is 0 Å². The highest BCUT2D eigenvalue weighted by Crippen LogP contribution is 2.44. The molecule has 1 atom stereocenters. The molecule has 2 aromatic rings. The first-order valence-corrected chi connectivity index (χ1v) is 10.5. The van der Waals surface area contributed by atoms with Crippen molar-refractivity contribution >= 4 is 25.2 Å². The summed E-state index contributed by atoms with van der Waals surface area (Å²) in [5, 5.41) is 8.61. The SMILES string of the molecule is Cc1cccc(-c2cc(C)c(F)c(C)c2C=CP(=O)(O)CC(=O)CC(=O)O)c1. The molecule has 2 N–H and O–H groups in total. The van der Waals surface area contributed by atoms with Crippen LogP contribution < -0.4 is 0 Å². The third-order valence-electron chi connectivity index (χ3n) is 4.28. The molecule has 0 aliphatic carbocycles. The Hall–Kier alpha value is -2.56. The van der Waals surface area contributed by atoms with E-state index in [2.05, 4.69) is 0 Å². The molecule has 5 nitrogen and oxygen atoms in total. The number of hydrogen-bond donors (Lipinski definition) is 2. The van der Waals surface area contributed by atoms with E-state index in [0.29, 0.717) is 22.3 Å². The Balaban J connectivity index is 2.48. The lowest BCUT2D eigenvalue weighted by molar-refractivity contribution is -0.139. The molecule has 1 unspecified atom stereocenters. The first kappa shape index (κ1) is 21.7. The van der Waals surface area contributed by atoms with Crippen LogP contribution in [0.4, 0.5) is 4.39 Å². The van der Waals surface area contributed by atoms with Gasteiger partial charge in [-0.2, -0.15) is 0 Å². The molecule has 0 aliphatic heterocycles. The fraction of sp³-hybridized carbons (Fsp3) is 0.238. The zero-order valence-electron chi connectivity index (χ0n) is 15.9. The summed E-state index contributed by atoms with van der Waals surface area (Å²) >= 11 is 0. The number of rotatable bonds is 7. The number of carboxylic acids is 1. The van der Waals surface area contributed by atoms with Gasteiger partial charge in [-0.25, -0.2) is 4.39 Å². The Morgan fingerprint density at radius 2 is 1.86 bits per heavy atom. The molecule has 0 saturated heterocycles. The number of carboxylic acid groups (broad SMARTS) is 1. The Morgan fingerprint density at radius 3 is 2.46 bits per heavy atom. The Bertz CT molecular complexity index is 1010.